The summed E-state index contributed by atoms with van der Waals surface area (Å²) < 4.78 is 0.661. The third kappa shape index (κ3) is 1.50. The minimum absolute atomic E-state index is 0.397. The highest BCUT2D eigenvalue weighted by atomic mass is 79.9. The lowest BCUT2D eigenvalue weighted by Gasteiger charge is -1.99. The maximum Gasteiger partial charge on any atom is 0.331 e. The fraction of sp³-hybridized carbons (Fsp3) is 0.111. The number of carbonyl (C=O) groups is 1. The van der Waals surface area contributed by atoms with Crippen LogP contribution in [0.5, 0.6) is 0 Å². The number of para-hydroxylation sites is 1. The van der Waals surface area contributed by atoms with Crippen molar-refractivity contribution in [2.45, 2.75) is 6.92 Å². The fourth-order valence-electron chi connectivity index (χ4n) is 1.19. The number of halogens is 1. The maximum atomic E-state index is 10.8. The summed E-state index contributed by atoms with van der Waals surface area (Å²) >= 11 is 3.28. The highest BCUT2D eigenvalue weighted by Crippen LogP contribution is 2.21. The number of rotatable bonds is 1. The van der Waals surface area contributed by atoms with E-state index in [4.69, 9.17) is 4.84 Å². The molecule has 0 bridgehead atoms. The van der Waals surface area contributed by atoms with E-state index in [-0.39, 0.29) is 0 Å². The number of carbonyl (C=O) groups excluding carboxylic acids is 1. The molecule has 0 fully saturated rings. The average Bonchev–Trinajstić information content (AvgIpc) is 2.44. The Morgan fingerprint density at radius 1 is 1.50 bits per heavy atom. The van der Waals surface area contributed by atoms with E-state index in [0.29, 0.717) is 4.60 Å². The molecule has 5 heteroatoms. The second-order valence-electron chi connectivity index (χ2n) is 2.76. The van der Waals surface area contributed by atoms with Crippen LogP contribution < -0.4 is 4.84 Å². The number of nitrogens with zero attached hydrogens (tertiary/aromatic N) is 2. The van der Waals surface area contributed by atoms with Gasteiger partial charge in [-0.1, -0.05) is 17.0 Å². The third-order valence-corrected chi connectivity index (χ3v) is 2.31. The summed E-state index contributed by atoms with van der Waals surface area (Å²) in [4.78, 5) is 16.9. The van der Waals surface area contributed by atoms with Crippen LogP contribution >= 0.6 is 15.9 Å². The Morgan fingerprint density at radius 2 is 2.21 bits per heavy atom. The second kappa shape index (κ2) is 3.42. The van der Waals surface area contributed by atoms with Crippen LogP contribution in [0.2, 0.25) is 0 Å². The predicted molar refractivity (Wildman–Crippen MR) is 54.7 cm³/mol. The first-order valence-corrected chi connectivity index (χ1v) is 4.80. The molecule has 4 nitrogen and oxygen atoms in total. The first kappa shape index (κ1) is 9.21. The van der Waals surface area contributed by atoms with Crippen LogP contribution in [0.15, 0.2) is 28.9 Å². The van der Waals surface area contributed by atoms with Gasteiger partial charge in [0, 0.05) is 12.3 Å². The maximum absolute atomic E-state index is 10.8. The Balaban J connectivity index is 2.60. The lowest BCUT2D eigenvalue weighted by Crippen LogP contribution is -2.17. The molecule has 1 aromatic carbocycles. The van der Waals surface area contributed by atoms with Gasteiger partial charge in [0.05, 0.1) is 0 Å². The largest absolute Gasteiger partial charge is 0.331 e. The van der Waals surface area contributed by atoms with Crippen LogP contribution in [0.3, 0.4) is 0 Å². The minimum atomic E-state index is -0.397. The van der Waals surface area contributed by atoms with Gasteiger partial charge >= 0.3 is 5.97 Å². The summed E-state index contributed by atoms with van der Waals surface area (Å²) in [5.41, 5.74) is 0.759. The van der Waals surface area contributed by atoms with Crippen molar-refractivity contribution >= 4 is 32.8 Å². The van der Waals surface area contributed by atoms with Gasteiger partial charge in [-0.05, 0) is 28.1 Å². The highest BCUT2D eigenvalue weighted by molar-refractivity contribution is 9.10. The Kier molecular flexibility index (Phi) is 2.25. The summed E-state index contributed by atoms with van der Waals surface area (Å²) in [5, 5.41) is 4.93. The standard InChI is InChI=1S/C9H7BrN2O2/c1-6(13)14-12-8-5-3-2-4-7(8)9(10)11-12/h2-5H,1H3. The molecule has 0 aliphatic rings. The van der Waals surface area contributed by atoms with Crippen molar-refractivity contribution in [3.8, 4) is 0 Å². The number of aromatic nitrogens is 2. The van der Waals surface area contributed by atoms with Gasteiger partial charge < -0.3 is 4.84 Å². The normalized spacial score (nSPS) is 10.4. The Morgan fingerprint density at radius 3 is 2.93 bits per heavy atom. The van der Waals surface area contributed by atoms with E-state index in [1.807, 2.05) is 24.3 Å². The highest BCUT2D eigenvalue weighted by Gasteiger charge is 2.09. The van der Waals surface area contributed by atoms with Crippen LogP contribution in [-0.4, -0.2) is 15.9 Å². The molecule has 0 amide bonds. The summed E-state index contributed by atoms with van der Waals surface area (Å²) in [6.45, 7) is 1.34. The molecule has 0 aliphatic heterocycles. The topological polar surface area (TPSA) is 44.1 Å². The first-order chi connectivity index (χ1) is 6.68. The molecule has 0 spiro atoms. The van der Waals surface area contributed by atoms with Crippen LogP contribution in [0.1, 0.15) is 6.92 Å². The van der Waals surface area contributed by atoms with E-state index in [2.05, 4.69) is 21.0 Å². The number of fused-ring (bicyclic) bond motifs is 1. The Bertz CT molecular complexity index is 493. The molecular formula is C9H7BrN2O2. The van der Waals surface area contributed by atoms with Crippen molar-refractivity contribution in [3.05, 3.63) is 28.9 Å². The van der Waals surface area contributed by atoms with Crippen molar-refractivity contribution in [2.24, 2.45) is 0 Å². The van der Waals surface area contributed by atoms with Gasteiger partial charge in [-0.25, -0.2) is 4.79 Å². The van der Waals surface area contributed by atoms with Crippen molar-refractivity contribution in [1.82, 2.24) is 9.94 Å². The van der Waals surface area contributed by atoms with E-state index >= 15 is 0 Å². The zero-order valence-corrected chi connectivity index (χ0v) is 8.98. The van der Waals surface area contributed by atoms with Gasteiger partial charge in [0.1, 0.15) is 10.1 Å². The SMILES string of the molecule is CC(=O)On1nc(Br)c2ccccc21. The smallest absolute Gasteiger partial charge is 0.319 e. The Hall–Kier alpha value is -1.36. The van der Waals surface area contributed by atoms with Crippen molar-refractivity contribution in [1.29, 1.82) is 0 Å². The van der Waals surface area contributed by atoms with Gasteiger partial charge in [0.15, 0.2) is 0 Å². The fourth-order valence-corrected chi connectivity index (χ4v) is 1.67. The van der Waals surface area contributed by atoms with Crippen molar-refractivity contribution in [2.75, 3.05) is 0 Å². The van der Waals surface area contributed by atoms with E-state index in [9.17, 15) is 4.79 Å². The van der Waals surface area contributed by atoms with Gasteiger partial charge in [-0.3, -0.25) is 0 Å². The van der Waals surface area contributed by atoms with E-state index in [1.54, 1.807) is 0 Å². The molecule has 1 heterocycles. The summed E-state index contributed by atoms with van der Waals surface area (Å²) in [6, 6.07) is 7.48. The minimum Gasteiger partial charge on any atom is -0.319 e. The predicted octanol–water partition coefficient (Wildman–Crippen LogP) is 1.77. The molecule has 2 aromatic rings. The number of hydrogen-bond donors (Lipinski definition) is 0. The van der Waals surface area contributed by atoms with E-state index in [1.165, 1.54) is 11.8 Å². The lowest BCUT2D eigenvalue weighted by atomic mass is 10.3. The zero-order valence-electron chi connectivity index (χ0n) is 7.40. The quantitative estimate of drug-likeness (QED) is 0.780. The van der Waals surface area contributed by atoms with Gasteiger partial charge in [0.25, 0.3) is 0 Å². The van der Waals surface area contributed by atoms with Gasteiger partial charge in [-0.2, -0.15) is 0 Å². The Labute approximate surface area is 88.5 Å². The summed E-state index contributed by atoms with van der Waals surface area (Å²) in [6.07, 6.45) is 0. The lowest BCUT2D eigenvalue weighted by molar-refractivity contribution is -0.142. The zero-order chi connectivity index (χ0) is 10.1. The van der Waals surface area contributed by atoms with Crippen LogP contribution in [0, 0.1) is 0 Å². The molecule has 14 heavy (non-hydrogen) atoms. The van der Waals surface area contributed by atoms with Gasteiger partial charge in [-0.15, -0.1) is 5.10 Å². The third-order valence-electron chi connectivity index (χ3n) is 1.73. The van der Waals surface area contributed by atoms with Crippen molar-refractivity contribution in [3.63, 3.8) is 0 Å². The van der Waals surface area contributed by atoms with Crippen molar-refractivity contribution < 1.29 is 9.63 Å². The molecule has 2 rings (SSSR count). The molecule has 0 unspecified atom stereocenters. The molecule has 1 aromatic heterocycles. The van der Waals surface area contributed by atoms with Gasteiger partial charge in [0.2, 0.25) is 0 Å². The molecule has 0 atom stereocenters. The van der Waals surface area contributed by atoms with Crippen LogP contribution in [0.4, 0.5) is 0 Å². The molecular weight excluding hydrogens is 248 g/mol. The molecule has 0 saturated carbocycles. The molecule has 0 saturated heterocycles. The number of benzene rings is 1. The average molecular weight is 255 g/mol. The summed E-state index contributed by atoms with van der Waals surface area (Å²) in [5.74, 6) is -0.397. The molecule has 0 N–H and O–H groups in total. The summed E-state index contributed by atoms with van der Waals surface area (Å²) in [7, 11) is 0. The monoisotopic (exact) mass is 254 g/mol. The van der Waals surface area contributed by atoms with Crippen LogP contribution in [-0.2, 0) is 4.79 Å². The first-order valence-electron chi connectivity index (χ1n) is 4.00. The molecule has 0 radical (unpaired) electrons. The van der Waals surface area contributed by atoms with Crippen LogP contribution in [0.25, 0.3) is 10.9 Å². The molecule has 72 valence electrons. The van der Waals surface area contributed by atoms with E-state index in [0.717, 1.165) is 10.9 Å². The molecule has 0 aliphatic carbocycles. The second-order valence-corrected chi connectivity index (χ2v) is 3.51. The van der Waals surface area contributed by atoms with E-state index < -0.39 is 5.97 Å². The number of hydrogen-bond acceptors (Lipinski definition) is 3.